The van der Waals surface area contributed by atoms with Gasteiger partial charge in [0.1, 0.15) is 5.75 Å². The van der Waals surface area contributed by atoms with E-state index >= 15 is 0 Å². The number of rotatable bonds is 4. The van der Waals surface area contributed by atoms with Crippen molar-refractivity contribution in [3.05, 3.63) is 54.1 Å². The van der Waals surface area contributed by atoms with Gasteiger partial charge in [-0.25, -0.2) is 4.98 Å². The third-order valence-electron chi connectivity index (χ3n) is 2.90. The number of para-hydroxylation sites is 1. The number of benzene rings is 2. The second-order valence-electron chi connectivity index (χ2n) is 4.29. The van der Waals surface area contributed by atoms with Gasteiger partial charge in [0, 0.05) is 0 Å². The fourth-order valence-corrected chi connectivity index (χ4v) is 4.24. The Hall–Kier alpha value is -1.72. The molecule has 0 saturated heterocycles. The first-order chi connectivity index (χ1) is 9.76. The summed E-state index contributed by atoms with van der Waals surface area (Å²) >= 11 is 1.49. The molecule has 0 fully saturated rings. The Balaban J connectivity index is 1.85. The van der Waals surface area contributed by atoms with Crippen LogP contribution in [0.15, 0.2) is 52.9 Å². The van der Waals surface area contributed by atoms with Crippen LogP contribution in [0.1, 0.15) is 5.56 Å². The maximum absolute atomic E-state index is 12.4. The number of methoxy groups -OCH3 is 1. The minimum Gasteiger partial charge on any atom is -0.497 e. The van der Waals surface area contributed by atoms with Gasteiger partial charge in [-0.3, -0.25) is 4.21 Å². The molecule has 20 heavy (non-hydrogen) atoms. The SMILES string of the molecule is COc1cccc(CS(=O)c2nc3ccccc3s2)c1. The zero-order chi connectivity index (χ0) is 13.9. The van der Waals surface area contributed by atoms with Crippen molar-refractivity contribution < 1.29 is 8.95 Å². The molecule has 0 amide bonds. The van der Waals surface area contributed by atoms with Gasteiger partial charge in [-0.15, -0.1) is 11.3 Å². The summed E-state index contributed by atoms with van der Waals surface area (Å²) < 4.78 is 19.3. The van der Waals surface area contributed by atoms with Crippen molar-refractivity contribution in [2.45, 2.75) is 10.1 Å². The first-order valence-corrected chi connectivity index (χ1v) is 8.26. The average Bonchev–Trinajstić information content (AvgIpc) is 2.91. The Morgan fingerprint density at radius 1 is 1.20 bits per heavy atom. The first-order valence-electron chi connectivity index (χ1n) is 6.13. The number of aromatic nitrogens is 1. The molecule has 0 saturated carbocycles. The molecule has 3 rings (SSSR count). The average molecular weight is 303 g/mol. The number of hydrogen-bond acceptors (Lipinski definition) is 4. The van der Waals surface area contributed by atoms with Gasteiger partial charge in [0.15, 0.2) is 4.34 Å². The third-order valence-corrected chi connectivity index (χ3v) is 5.62. The van der Waals surface area contributed by atoms with Gasteiger partial charge in [-0.1, -0.05) is 24.3 Å². The molecule has 1 unspecified atom stereocenters. The zero-order valence-electron chi connectivity index (χ0n) is 10.9. The Bertz CT molecular complexity index is 734. The number of nitrogens with zero attached hydrogens (tertiary/aromatic N) is 1. The summed E-state index contributed by atoms with van der Waals surface area (Å²) in [6, 6.07) is 15.5. The van der Waals surface area contributed by atoms with E-state index in [0.29, 0.717) is 10.1 Å². The summed E-state index contributed by atoms with van der Waals surface area (Å²) in [6.07, 6.45) is 0. The van der Waals surface area contributed by atoms with Crippen molar-refractivity contribution in [3.8, 4) is 5.75 Å². The molecule has 0 aliphatic rings. The molecule has 102 valence electrons. The Morgan fingerprint density at radius 2 is 2.05 bits per heavy atom. The Labute approximate surface area is 123 Å². The Kier molecular flexibility index (Phi) is 3.80. The van der Waals surface area contributed by atoms with Gasteiger partial charge < -0.3 is 4.74 Å². The molecule has 1 aromatic heterocycles. The van der Waals surface area contributed by atoms with Crippen molar-refractivity contribution in [1.82, 2.24) is 4.98 Å². The molecule has 2 aromatic carbocycles. The van der Waals surface area contributed by atoms with E-state index in [1.54, 1.807) is 7.11 Å². The fraction of sp³-hybridized carbons (Fsp3) is 0.133. The van der Waals surface area contributed by atoms with E-state index in [0.717, 1.165) is 21.5 Å². The van der Waals surface area contributed by atoms with Gasteiger partial charge in [0.25, 0.3) is 0 Å². The van der Waals surface area contributed by atoms with Crippen molar-refractivity contribution >= 4 is 32.4 Å². The Morgan fingerprint density at radius 3 is 2.85 bits per heavy atom. The largest absolute Gasteiger partial charge is 0.497 e. The number of ether oxygens (including phenoxy) is 1. The molecule has 0 radical (unpaired) electrons. The highest BCUT2D eigenvalue weighted by atomic mass is 32.2. The molecule has 0 aliphatic heterocycles. The van der Waals surface area contributed by atoms with Crippen LogP contribution in [0.2, 0.25) is 0 Å². The lowest BCUT2D eigenvalue weighted by Crippen LogP contribution is -1.96. The van der Waals surface area contributed by atoms with Crippen molar-refractivity contribution in [2.75, 3.05) is 7.11 Å². The van der Waals surface area contributed by atoms with Crippen LogP contribution in [0, 0.1) is 0 Å². The lowest BCUT2D eigenvalue weighted by molar-refractivity contribution is 0.414. The maximum atomic E-state index is 12.4. The second-order valence-corrected chi connectivity index (χ2v) is 6.94. The summed E-state index contributed by atoms with van der Waals surface area (Å²) in [4.78, 5) is 4.44. The summed E-state index contributed by atoms with van der Waals surface area (Å²) in [5.74, 6) is 1.24. The predicted molar refractivity (Wildman–Crippen MR) is 82.7 cm³/mol. The van der Waals surface area contributed by atoms with Crippen LogP contribution in [-0.2, 0) is 16.6 Å². The number of fused-ring (bicyclic) bond motifs is 1. The molecule has 3 aromatic rings. The molecule has 0 bridgehead atoms. The fourth-order valence-electron chi connectivity index (χ4n) is 1.92. The molecule has 3 nitrogen and oxygen atoms in total. The summed E-state index contributed by atoms with van der Waals surface area (Å²) in [6.45, 7) is 0. The highest BCUT2D eigenvalue weighted by Crippen LogP contribution is 2.25. The summed E-state index contributed by atoms with van der Waals surface area (Å²) in [7, 11) is 0.503. The summed E-state index contributed by atoms with van der Waals surface area (Å²) in [5.41, 5.74) is 1.90. The minimum absolute atomic E-state index is 0.455. The molecule has 1 atom stereocenters. The third kappa shape index (κ3) is 2.73. The number of thiazole rings is 1. The lowest BCUT2D eigenvalue weighted by atomic mass is 10.2. The van der Waals surface area contributed by atoms with Crippen LogP contribution in [-0.4, -0.2) is 16.3 Å². The summed E-state index contributed by atoms with van der Waals surface area (Å²) in [5, 5.41) is 0. The van der Waals surface area contributed by atoms with E-state index in [-0.39, 0.29) is 0 Å². The van der Waals surface area contributed by atoms with E-state index in [2.05, 4.69) is 4.98 Å². The highest BCUT2D eigenvalue weighted by molar-refractivity contribution is 7.86. The van der Waals surface area contributed by atoms with Crippen molar-refractivity contribution in [2.24, 2.45) is 0 Å². The van der Waals surface area contributed by atoms with Crippen LogP contribution >= 0.6 is 11.3 Å². The van der Waals surface area contributed by atoms with Gasteiger partial charge in [0.2, 0.25) is 0 Å². The van der Waals surface area contributed by atoms with Crippen LogP contribution < -0.4 is 4.74 Å². The quantitative estimate of drug-likeness (QED) is 0.739. The first kappa shape index (κ1) is 13.3. The van der Waals surface area contributed by atoms with Gasteiger partial charge >= 0.3 is 0 Å². The molecular weight excluding hydrogens is 290 g/mol. The minimum atomic E-state index is -1.13. The van der Waals surface area contributed by atoms with Gasteiger partial charge in [-0.05, 0) is 29.8 Å². The number of hydrogen-bond donors (Lipinski definition) is 0. The van der Waals surface area contributed by atoms with Crippen LogP contribution in [0.5, 0.6) is 5.75 Å². The van der Waals surface area contributed by atoms with Crippen molar-refractivity contribution in [1.29, 1.82) is 0 Å². The lowest BCUT2D eigenvalue weighted by Gasteiger charge is -2.03. The predicted octanol–water partition coefficient (Wildman–Crippen LogP) is 3.61. The molecular formula is C15H13NO2S2. The topological polar surface area (TPSA) is 39.2 Å². The van der Waals surface area contributed by atoms with E-state index in [1.165, 1.54) is 11.3 Å². The smallest absolute Gasteiger partial charge is 0.182 e. The molecule has 5 heteroatoms. The monoisotopic (exact) mass is 303 g/mol. The van der Waals surface area contributed by atoms with E-state index in [9.17, 15) is 4.21 Å². The van der Waals surface area contributed by atoms with Gasteiger partial charge in [-0.2, -0.15) is 0 Å². The molecule has 1 heterocycles. The maximum Gasteiger partial charge on any atom is 0.182 e. The van der Waals surface area contributed by atoms with Crippen molar-refractivity contribution in [3.63, 3.8) is 0 Å². The van der Waals surface area contributed by atoms with Crippen LogP contribution in [0.3, 0.4) is 0 Å². The highest BCUT2D eigenvalue weighted by Gasteiger charge is 2.11. The van der Waals surface area contributed by atoms with Crippen LogP contribution in [0.4, 0.5) is 0 Å². The van der Waals surface area contributed by atoms with Crippen LogP contribution in [0.25, 0.3) is 10.2 Å². The molecule has 0 aliphatic carbocycles. The second kappa shape index (κ2) is 5.73. The normalized spacial score (nSPS) is 12.4. The van der Waals surface area contributed by atoms with E-state index < -0.39 is 10.8 Å². The van der Waals surface area contributed by atoms with E-state index in [1.807, 2.05) is 48.5 Å². The zero-order valence-corrected chi connectivity index (χ0v) is 12.5. The standard InChI is InChI=1S/C15H13NO2S2/c1-18-12-6-4-5-11(9-12)10-20(17)15-16-13-7-2-3-8-14(13)19-15/h2-9H,10H2,1H3. The van der Waals surface area contributed by atoms with Gasteiger partial charge in [0.05, 0.1) is 33.9 Å². The molecule has 0 N–H and O–H groups in total. The molecule has 0 spiro atoms. The van der Waals surface area contributed by atoms with E-state index in [4.69, 9.17) is 4.74 Å².